The van der Waals surface area contributed by atoms with Crippen LogP contribution in [0.2, 0.25) is 0 Å². The smallest absolute Gasteiger partial charge is 0.246 e. The maximum Gasteiger partial charge on any atom is 0.246 e. The van der Waals surface area contributed by atoms with Gasteiger partial charge < -0.3 is 5.32 Å². The molecule has 1 atom stereocenters. The van der Waals surface area contributed by atoms with Crippen molar-refractivity contribution in [2.45, 2.75) is 52.0 Å². The molecule has 4 heteroatoms. The topological polar surface area (TPSA) is 49.4 Å². The number of imide groups is 1. The van der Waals surface area contributed by atoms with Gasteiger partial charge in [0, 0.05) is 13.1 Å². The summed E-state index contributed by atoms with van der Waals surface area (Å²) >= 11 is 0. The number of likely N-dealkylation sites (tertiary alicyclic amines) is 1. The van der Waals surface area contributed by atoms with Gasteiger partial charge in [-0.2, -0.15) is 0 Å². The van der Waals surface area contributed by atoms with E-state index in [1.54, 1.807) is 0 Å². The number of amides is 2. The molecule has 17 heavy (non-hydrogen) atoms. The fourth-order valence-electron chi connectivity index (χ4n) is 2.95. The molecule has 1 N–H and O–H groups in total. The average Bonchev–Trinajstić information content (AvgIpc) is 2.82. The van der Waals surface area contributed by atoms with Gasteiger partial charge in [-0.3, -0.25) is 14.5 Å². The third-order valence-electron chi connectivity index (χ3n) is 4.15. The Balaban J connectivity index is 1.88. The molecule has 0 radical (unpaired) electrons. The van der Waals surface area contributed by atoms with Gasteiger partial charge in [-0.05, 0) is 25.2 Å². The van der Waals surface area contributed by atoms with Crippen molar-refractivity contribution in [2.75, 3.05) is 13.1 Å². The van der Waals surface area contributed by atoms with E-state index in [9.17, 15) is 9.59 Å². The lowest BCUT2D eigenvalue weighted by atomic mass is 9.88. The van der Waals surface area contributed by atoms with Gasteiger partial charge in [0.2, 0.25) is 11.8 Å². The van der Waals surface area contributed by atoms with E-state index in [0.29, 0.717) is 18.4 Å². The van der Waals surface area contributed by atoms with Gasteiger partial charge in [0.05, 0.1) is 12.5 Å². The Morgan fingerprint density at radius 2 is 2.00 bits per heavy atom. The number of hydrogen-bond acceptors (Lipinski definition) is 3. The number of carbonyl (C=O) groups is 2. The van der Waals surface area contributed by atoms with Crippen molar-refractivity contribution in [1.29, 1.82) is 0 Å². The van der Waals surface area contributed by atoms with E-state index in [0.717, 1.165) is 6.54 Å². The van der Waals surface area contributed by atoms with Crippen molar-refractivity contribution in [3.63, 3.8) is 0 Å². The minimum Gasteiger partial charge on any atom is -0.305 e. The Morgan fingerprint density at radius 1 is 1.35 bits per heavy atom. The molecule has 2 fully saturated rings. The molecule has 1 saturated heterocycles. The van der Waals surface area contributed by atoms with Gasteiger partial charge >= 0.3 is 0 Å². The van der Waals surface area contributed by atoms with Gasteiger partial charge in [-0.25, -0.2) is 0 Å². The zero-order valence-electron chi connectivity index (χ0n) is 10.8. The summed E-state index contributed by atoms with van der Waals surface area (Å²) < 4.78 is 0. The van der Waals surface area contributed by atoms with Crippen LogP contribution in [0.25, 0.3) is 0 Å². The maximum absolute atomic E-state index is 11.9. The SMILES string of the molecule is CCN1C(=O)CC(NCC2(C)CCCC2)C1=O. The minimum atomic E-state index is -0.278. The predicted octanol–water partition coefficient (Wildman–Crippen LogP) is 1.30. The summed E-state index contributed by atoms with van der Waals surface area (Å²) in [7, 11) is 0. The van der Waals surface area contributed by atoms with Gasteiger partial charge in [0.1, 0.15) is 0 Å². The Kier molecular flexibility index (Phi) is 3.52. The molecule has 2 amide bonds. The van der Waals surface area contributed by atoms with Crippen LogP contribution >= 0.6 is 0 Å². The number of nitrogens with zero attached hydrogens (tertiary/aromatic N) is 1. The van der Waals surface area contributed by atoms with Gasteiger partial charge in [0.15, 0.2) is 0 Å². The van der Waals surface area contributed by atoms with E-state index >= 15 is 0 Å². The Morgan fingerprint density at radius 3 is 2.53 bits per heavy atom. The van der Waals surface area contributed by atoms with Crippen LogP contribution in [0.15, 0.2) is 0 Å². The van der Waals surface area contributed by atoms with E-state index in [1.165, 1.54) is 30.6 Å². The molecule has 2 aliphatic rings. The zero-order chi connectivity index (χ0) is 12.5. The van der Waals surface area contributed by atoms with E-state index < -0.39 is 0 Å². The van der Waals surface area contributed by atoms with Crippen molar-refractivity contribution in [2.24, 2.45) is 5.41 Å². The van der Waals surface area contributed by atoms with Crippen LogP contribution in [0.5, 0.6) is 0 Å². The molecule has 1 aliphatic carbocycles. The summed E-state index contributed by atoms with van der Waals surface area (Å²) in [4.78, 5) is 24.8. The standard InChI is InChI=1S/C13H22N2O2/c1-3-15-11(16)8-10(12(15)17)14-9-13(2)6-4-5-7-13/h10,14H,3-9H2,1-2H3. The molecule has 4 nitrogen and oxygen atoms in total. The second-order valence-electron chi connectivity index (χ2n) is 5.63. The summed E-state index contributed by atoms with van der Waals surface area (Å²) in [6.07, 6.45) is 5.37. The summed E-state index contributed by atoms with van der Waals surface area (Å²) in [6.45, 7) is 5.46. The highest BCUT2D eigenvalue weighted by atomic mass is 16.2. The van der Waals surface area contributed by atoms with Crippen LogP contribution in [0.3, 0.4) is 0 Å². The Bertz CT molecular complexity index is 321. The van der Waals surface area contributed by atoms with E-state index in [-0.39, 0.29) is 17.9 Å². The molecule has 0 spiro atoms. The summed E-state index contributed by atoms with van der Waals surface area (Å²) in [5.74, 6) is -0.0781. The van der Waals surface area contributed by atoms with Crippen molar-refractivity contribution in [3.8, 4) is 0 Å². The molecular weight excluding hydrogens is 216 g/mol. The quantitative estimate of drug-likeness (QED) is 0.751. The second kappa shape index (κ2) is 4.77. The fourth-order valence-corrected chi connectivity index (χ4v) is 2.95. The number of rotatable bonds is 4. The lowest BCUT2D eigenvalue weighted by Crippen LogP contribution is -2.42. The molecule has 1 saturated carbocycles. The summed E-state index contributed by atoms with van der Waals surface area (Å²) in [5, 5.41) is 3.30. The number of likely N-dealkylation sites (N-methyl/N-ethyl adjacent to an activating group) is 1. The lowest BCUT2D eigenvalue weighted by molar-refractivity contribution is -0.138. The van der Waals surface area contributed by atoms with Crippen LogP contribution in [0, 0.1) is 5.41 Å². The van der Waals surface area contributed by atoms with E-state index in [4.69, 9.17) is 0 Å². The molecule has 0 aromatic heterocycles. The Hall–Kier alpha value is -0.900. The van der Waals surface area contributed by atoms with Crippen LogP contribution < -0.4 is 5.32 Å². The lowest BCUT2D eigenvalue weighted by Gasteiger charge is -2.25. The fraction of sp³-hybridized carbons (Fsp3) is 0.846. The predicted molar refractivity (Wildman–Crippen MR) is 65.4 cm³/mol. The minimum absolute atomic E-state index is 0.0356. The van der Waals surface area contributed by atoms with Crippen LogP contribution in [0.4, 0.5) is 0 Å². The highest BCUT2D eigenvalue weighted by molar-refractivity contribution is 6.05. The largest absolute Gasteiger partial charge is 0.305 e. The highest BCUT2D eigenvalue weighted by Gasteiger charge is 2.38. The third-order valence-corrected chi connectivity index (χ3v) is 4.15. The van der Waals surface area contributed by atoms with Crippen molar-refractivity contribution < 1.29 is 9.59 Å². The van der Waals surface area contributed by atoms with Crippen molar-refractivity contribution in [3.05, 3.63) is 0 Å². The molecule has 1 aliphatic heterocycles. The number of hydrogen-bond donors (Lipinski definition) is 1. The van der Waals surface area contributed by atoms with E-state index in [2.05, 4.69) is 12.2 Å². The number of carbonyl (C=O) groups excluding carboxylic acids is 2. The maximum atomic E-state index is 11.9. The summed E-state index contributed by atoms with van der Waals surface area (Å²) in [5.41, 5.74) is 0.322. The first kappa shape index (κ1) is 12.6. The molecule has 0 aromatic carbocycles. The molecule has 0 bridgehead atoms. The second-order valence-corrected chi connectivity index (χ2v) is 5.63. The van der Waals surface area contributed by atoms with E-state index in [1.807, 2.05) is 6.92 Å². The molecule has 1 heterocycles. The normalized spacial score (nSPS) is 28.1. The first-order chi connectivity index (χ1) is 8.06. The molecule has 96 valence electrons. The molecule has 1 unspecified atom stereocenters. The molecule has 2 rings (SSSR count). The Labute approximate surface area is 103 Å². The monoisotopic (exact) mass is 238 g/mol. The van der Waals surface area contributed by atoms with Crippen LogP contribution in [-0.2, 0) is 9.59 Å². The van der Waals surface area contributed by atoms with Crippen molar-refractivity contribution >= 4 is 11.8 Å². The molecular formula is C13H22N2O2. The summed E-state index contributed by atoms with van der Waals surface area (Å²) in [6, 6.07) is -0.278. The van der Waals surface area contributed by atoms with Gasteiger partial charge in [-0.15, -0.1) is 0 Å². The zero-order valence-corrected chi connectivity index (χ0v) is 10.8. The highest BCUT2D eigenvalue weighted by Crippen LogP contribution is 2.36. The van der Waals surface area contributed by atoms with Crippen LogP contribution in [0.1, 0.15) is 46.0 Å². The average molecular weight is 238 g/mol. The first-order valence-electron chi connectivity index (χ1n) is 6.63. The van der Waals surface area contributed by atoms with Crippen molar-refractivity contribution in [1.82, 2.24) is 10.2 Å². The first-order valence-corrected chi connectivity index (χ1v) is 6.63. The van der Waals surface area contributed by atoms with Gasteiger partial charge in [0.25, 0.3) is 0 Å². The van der Waals surface area contributed by atoms with Gasteiger partial charge in [-0.1, -0.05) is 19.8 Å². The number of nitrogens with one attached hydrogen (secondary N) is 1. The third kappa shape index (κ3) is 2.51. The van der Waals surface area contributed by atoms with Crippen LogP contribution in [-0.4, -0.2) is 35.8 Å². The molecule has 0 aromatic rings.